The van der Waals surface area contributed by atoms with Crippen LogP contribution in [-0.4, -0.2) is 20.4 Å². The number of para-hydroxylation sites is 2. The Morgan fingerprint density at radius 1 is 0.366 bits per heavy atom. The van der Waals surface area contributed by atoms with Crippen molar-refractivity contribution in [2.24, 2.45) is 0 Å². The van der Waals surface area contributed by atoms with E-state index >= 15 is 0 Å². The largest absolute Gasteiger partial charge is 0.310 e. The topological polar surface area (TPSA) is 14.8 Å². The second kappa shape index (κ2) is 14.2. The molecule has 0 amide bonds. The minimum Gasteiger partial charge on any atom is -0.310 e. The monoisotopic (exact) mass is 924 g/mol. The molecule has 8 aromatic carbocycles. The van der Waals surface area contributed by atoms with Crippen LogP contribution in [0.1, 0.15) is 130 Å². The number of aromatic nitrogens is 3. The molecule has 11 aromatic rings. The van der Waals surface area contributed by atoms with Crippen LogP contribution < -0.4 is 16.4 Å². The average molecular weight is 924 g/mol. The Bertz CT molecular complexity index is 4090. The van der Waals surface area contributed by atoms with Gasteiger partial charge in [-0.15, -0.1) is 0 Å². The van der Waals surface area contributed by atoms with E-state index < -0.39 is 0 Å². The Morgan fingerprint density at radius 2 is 0.831 bits per heavy atom. The number of fused-ring (bicyclic) bond motifs is 14. The van der Waals surface area contributed by atoms with Gasteiger partial charge in [0.25, 0.3) is 0 Å². The van der Waals surface area contributed by atoms with Gasteiger partial charge in [0, 0.05) is 54.8 Å². The quantitative estimate of drug-likeness (QED) is 0.154. The molecule has 0 saturated carbocycles. The van der Waals surface area contributed by atoms with Gasteiger partial charge in [0.1, 0.15) is 0 Å². The Balaban J connectivity index is 1.27. The lowest BCUT2D eigenvalue weighted by Gasteiger charge is -2.43. The highest BCUT2D eigenvalue weighted by Gasteiger charge is 2.47. The molecule has 13 rings (SSSR count). The summed E-state index contributed by atoms with van der Waals surface area (Å²) >= 11 is 0. The lowest BCUT2D eigenvalue weighted by molar-refractivity contribution is 0.582. The molecule has 2 aliphatic rings. The van der Waals surface area contributed by atoms with E-state index in [1.165, 1.54) is 132 Å². The maximum absolute atomic E-state index is 2.71. The van der Waals surface area contributed by atoms with Crippen molar-refractivity contribution in [2.75, 3.05) is 0 Å². The third-order valence-corrected chi connectivity index (χ3v) is 16.9. The maximum atomic E-state index is 2.71. The van der Waals surface area contributed by atoms with E-state index in [4.69, 9.17) is 0 Å². The van der Waals surface area contributed by atoms with Gasteiger partial charge in [0.2, 0.25) is 6.71 Å². The molecule has 352 valence electrons. The predicted octanol–water partition coefficient (Wildman–Crippen LogP) is 15.6. The van der Waals surface area contributed by atoms with E-state index in [1.807, 2.05) is 0 Å². The van der Waals surface area contributed by atoms with Crippen molar-refractivity contribution < 1.29 is 0 Å². The van der Waals surface area contributed by atoms with Crippen LogP contribution in [0, 0.1) is 0 Å². The first-order valence-corrected chi connectivity index (χ1v) is 26.1. The van der Waals surface area contributed by atoms with Crippen molar-refractivity contribution >= 4 is 88.5 Å². The zero-order valence-electron chi connectivity index (χ0n) is 44.3. The van der Waals surface area contributed by atoms with Crippen molar-refractivity contribution in [1.29, 1.82) is 0 Å². The summed E-state index contributed by atoms with van der Waals surface area (Å²) in [5.41, 5.74) is 23.4. The first-order valence-electron chi connectivity index (χ1n) is 26.1. The molecule has 5 heterocycles. The molecule has 0 unspecified atom stereocenters. The van der Waals surface area contributed by atoms with E-state index in [2.05, 4.69) is 256 Å². The fourth-order valence-corrected chi connectivity index (χ4v) is 12.9. The molecule has 0 spiro atoms. The molecule has 0 aliphatic carbocycles. The zero-order chi connectivity index (χ0) is 49.6. The first-order chi connectivity index (χ1) is 33.5. The van der Waals surface area contributed by atoms with Gasteiger partial charge in [-0.2, -0.15) is 0 Å². The molecule has 0 bridgehead atoms. The van der Waals surface area contributed by atoms with Crippen molar-refractivity contribution in [3.05, 3.63) is 179 Å². The molecule has 0 radical (unpaired) electrons. The Hall–Kier alpha value is -6.78. The Labute approximate surface area is 420 Å². The van der Waals surface area contributed by atoms with Crippen LogP contribution in [0.3, 0.4) is 0 Å². The summed E-state index contributed by atoms with van der Waals surface area (Å²) in [4.78, 5) is 0. The smallest absolute Gasteiger partial charge is 0.247 e. The van der Waals surface area contributed by atoms with E-state index in [0.29, 0.717) is 0 Å². The van der Waals surface area contributed by atoms with Crippen LogP contribution in [0.5, 0.6) is 0 Å². The molecule has 2 aliphatic heterocycles. The summed E-state index contributed by atoms with van der Waals surface area (Å²) in [5.74, 6) is 0. The van der Waals surface area contributed by atoms with E-state index in [0.717, 1.165) is 0 Å². The summed E-state index contributed by atoms with van der Waals surface area (Å²) < 4.78 is 7.82. The molecule has 4 heteroatoms. The van der Waals surface area contributed by atoms with Crippen LogP contribution in [0.2, 0.25) is 0 Å². The van der Waals surface area contributed by atoms with Gasteiger partial charge in [-0.25, -0.2) is 0 Å². The molecule has 0 saturated heterocycles. The maximum Gasteiger partial charge on any atom is 0.247 e. The molecule has 0 atom stereocenters. The minimum atomic E-state index is -0.312. The van der Waals surface area contributed by atoms with Crippen molar-refractivity contribution in [2.45, 2.75) is 124 Å². The minimum absolute atomic E-state index is 0.000597. The van der Waals surface area contributed by atoms with Gasteiger partial charge in [-0.3, -0.25) is 0 Å². The Morgan fingerprint density at radius 3 is 1.38 bits per heavy atom. The number of benzene rings is 8. The van der Waals surface area contributed by atoms with Gasteiger partial charge >= 0.3 is 0 Å². The third kappa shape index (κ3) is 6.16. The van der Waals surface area contributed by atoms with Gasteiger partial charge in [-0.05, 0) is 139 Å². The number of nitrogens with zero attached hydrogens (tertiary/aromatic N) is 3. The molecule has 3 nitrogen and oxygen atoms in total. The van der Waals surface area contributed by atoms with Crippen molar-refractivity contribution in [1.82, 2.24) is 13.7 Å². The molecule has 0 fully saturated rings. The first kappa shape index (κ1) is 44.2. The summed E-state index contributed by atoms with van der Waals surface area (Å²) in [5, 5.41) is 7.91. The van der Waals surface area contributed by atoms with E-state index in [-0.39, 0.29) is 33.8 Å². The van der Waals surface area contributed by atoms with Crippen LogP contribution in [0.4, 0.5) is 0 Å². The highest BCUT2D eigenvalue weighted by atomic mass is 15.0. The fraction of sp³-hybridized carbons (Fsp3) is 0.284. The zero-order valence-corrected chi connectivity index (χ0v) is 44.3. The lowest BCUT2D eigenvalue weighted by Crippen LogP contribution is -2.63. The van der Waals surface area contributed by atoms with Crippen LogP contribution >= 0.6 is 0 Å². The lowest BCUT2D eigenvalue weighted by atomic mass is 9.30. The average Bonchev–Trinajstić information content (AvgIpc) is 3.95. The van der Waals surface area contributed by atoms with Gasteiger partial charge in [0.05, 0.1) is 33.1 Å². The van der Waals surface area contributed by atoms with E-state index in [9.17, 15) is 0 Å². The van der Waals surface area contributed by atoms with Crippen LogP contribution in [-0.2, 0) is 27.1 Å². The standard InChI is InChI=1S/C67H66BN3/c1-63(2,3)39-25-28-54-45(31-39)47-36-52-50(38-57(47)69(54)43-21-17-15-18-22-43)67(13,14)51-34-42(66(10,11)12)35-58-60(51)68(52)53-37-48-46-32-40(64(4,5)6)26-29-55(46)70(44-23-19-16-20-24-44)61(48)59-49-33-41(65(7,8)9)27-30-56(49)71(58)62(53)59/h15-38H,1-14H3. The summed E-state index contributed by atoms with van der Waals surface area (Å²) in [6, 6.07) is 57.1. The number of hydrogen-bond donors (Lipinski definition) is 0. The second-order valence-electron chi connectivity index (χ2n) is 25.9. The number of hydrogen-bond acceptors (Lipinski definition) is 0. The molecule has 3 aromatic heterocycles. The summed E-state index contributed by atoms with van der Waals surface area (Å²) in [6.45, 7) is 33.3. The molecule has 71 heavy (non-hydrogen) atoms. The molecular weight excluding hydrogens is 858 g/mol. The Kier molecular flexibility index (Phi) is 8.85. The third-order valence-electron chi connectivity index (χ3n) is 16.9. The summed E-state index contributed by atoms with van der Waals surface area (Å²) in [7, 11) is 0. The predicted molar refractivity (Wildman–Crippen MR) is 307 cm³/mol. The highest BCUT2D eigenvalue weighted by Crippen LogP contribution is 2.48. The van der Waals surface area contributed by atoms with Crippen molar-refractivity contribution in [3.8, 4) is 17.1 Å². The molecular formula is C67H66BN3. The van der Waals surface area contributed by atoms with Crippen LogP contribution in [0.25, 0.3) is 82.5 Å². The van der Waals surface area contributed by atoms with E-state index in [1.54, 1.807) is 0 Å². The summed E-state index contributed by atoms with van der Waals surface area (Å²) in [6.07, 6.45) is 0. The highest BCUT2D eigenvalue weighted by molar-refractivity contribution is 6.99. The number of rotatable bonds is 2. The van der Waals surface area contributed by atoms with Crippen LogP contribution in [0.15, 0.2) is 146 Å². The second-order valence-corrected chi connectivity index (χ2v) is 25.9. The molecule has 0 N–H and O–H groups in total. The normalized spacial score (nSPS) is 14.7. The van der Waals surface area contributed by atoms with Gasteiger partial charge in [-0.1, -0.05) is 175 Å². The fourth-order valence-electron chi connectivity index (χ4n) is 12.9. The SMILES string of the molecule is CC(C)(C)c1cc2c3c(c1)C(C)(C)c1cc4c(cc1B3c1cc3c5cc(C(C)(C)C)ccc5n(-c5ccccc5)c3c3c5cc(C(C)(C)C)ccc5n-2c13)c1cc(C(C)(C)C)ccc1n4-c1ccccc1. The van der Waals surface area contributed by atoms with Gasteiger partial charge in [0.15, 0.2) is 0 Å². The van der Waals surface area contributed by atoms with Crippen molar-refractivity contribution in [3.63, 3.8) is 0 Å². The van der Waals surface area contributed by atoms with Gasteiger partial charge < -0.3 is 13.7 Å².